The van der Waals surface area contributed by atoms with Gasteiger partial charge in [0.25, 0.3) is 0 Å². The monoisotopic (exact) mass is 307 g/mol. The molecule has 0 aliphatic carbocycles. The summed E-state index contributed by atoms with van der Waals surface area (Å²) >= 11 is 0. The fraction of sp³-hybridized carbons (Fsp3) is 0.333. The maximum atomic E-state index is 14.0. The van der Waals surface area contributed by atoms with E-state index in [1.165, 1.54) is 6.07 Å². The molecule has 0 atom stereocenters. The van der Waals surface area contributed by atoms with Crippen molar-refractivity contribution >= 4 is 17.5 Å². The minimum absolute atomic E-state index is 0.0324. The predicted octanol–water partition coefficient (Wildman–Crippen LogP) is 2.65. The van der Waals surface area contributed by atoms with Crippen molar-refractivity contribution in [3.8, 4) is 0 Å². The van der Waals surface area contributed by atoms with Crippen LogP contribution in [0.2, 0.25) is 0 Å². The van der Waals surface area contributed by atoms with Crippen molar-refractivity contribution in [1.82, 2.24) is 5.16 Å². The highest BCUT2D eigenvalue weighted by atomic mass is 19.1. The Hall–Kier alpha value is -2.44. The van der Waals surface area contributed by atoms with Crippen LogP contribution in [0.4, 0.5) is 20.4 Å². The van der Waals surface area contributed by atoms with Crippen molar-refractivity contribution in [2.75, 3.05) is 23.3 Å². The first-order chi connectivity index (χ1) is 10.5. The zero-order chi connectivity index (χ0) is 15.7. The van der Waals surface area contributed by atoms with Crippen LogP contribution in [0.3, 0.4) is 0 Å². The van der Waals surface area contributed by atoms with Crippen LogP contribution in [-0.4, -0.2) is 24.2 Å². The zero-order valence-electron chi connectivity index (χ0n) is 12.0. The van der Waals surface area contributed by atoms with Crippen LogP contribution in [0, 0.1) is 18.6 Å². The average molecular weight is 307 g/mol. The van der Waals surface area contributed by atoms with Crippen LogP contribution >= 0.6 is 0 Å². The summed E-state index contributed by atoms with van der Waals surface area (Å²) in [5, 5.41) is 6.24. The molecular weight excluding hydrogens is 292 g/mol. The SMILES string of the molecule is Cc1cc(NC(=O)CN2CCCc3cc(F)cc(F)c32)on1. The second kappa shape index (κ2) is 5.75. The summed E-state index contributed by atoms with van der Waals surface area (Å²) in [7, 11) is 0. The van der Waals surface area contributed by atoms with Crippen molar-refractivity contribution < 1.29 is 18.1 Å². The van der Waals surface area contributed by atoms with E-state index < -0.39 is 11.6 Å². The molecule has 1 N–H and O–H groups in total. The Labute approximate surface area is 125 Å². The van der Waals surface area contributed by atoms with Crippen LogP contribution in [0.1, 0.15) is 17.7 Å². The normalized spacial score (nSPS) is 13.9. The third kappa shape index (κ3) is 2.93. The molecule has 0 bridgehead atoms. The van der Waals surface area contributed by atoms with Gasteiger partial charge in [-0.25, -0.2) is 8.78 Å². The number of hydrogen-bond donors (Lipinski definition) is 1. The number of hydrogen-bond acceptors (Lipinski definition) is 4. The van der Waals surface area contributed by atoms with Crippen molar-refractivity contribution in [1.29, 1.82) is 0 Å². The van der Waals surface area contributed by atoms with E-state index in [-0.39, 0.29) is 18.3 Å². The summed E-state index contributed by atoms with van der Waals surface area (Å²) in [5.74, 6) is -1.33. The van der Waals surface area contributed by atoms with Crippen LogP contribution < -0.4 is 10.2 Å². The molecule has 0 fully saturated rings. The number of benzene rings is 1. The third-order valence-corrected chi connectivity index (χ3v) is 3.52. The summed E-state index contributed by atoms with van der Waals surface area (Å²) in [6.45, 7) is 2.25. The van der Waals surface area contributed by atoms with Crippen LogP contribution in [0.25, 0.3) is 0 Å². The predicted molar refractivity (Wildman–Crippen MR) is 76.8 cm³/mol. The van der Waals surface area contributed by atoms with Crippen molar-refractivity contribution in [2.24, 2.45) is 0 Å². The first-order valence-electron chi connectivity index (χ1n) is 6.99. The standard InChI is InChI=1S/C15H15F2N3O2/c1-9-5-14(22-19-9)18-13(21)8-20-4-2-3-10-6-11(16)7-12(17)15(10)20/h5-7H,2-4,8H2,1H3,(H,18,21). The van der Waals surface area contributed by atoms with E-state index in [9.17, 15) is 13.6 Å². The van der Waals surface area contributed by atoms with Gasteiger partial charge in [0.2, 0.25) is 11.8 Å². The van der Waals surface area contributed by atoms with E-state index in [1.54, 1.807) is 17.9 Å². The molecular formula is C15H15F2N3O2. The second-order valence-electron chi connectivity index (χ2n) is 5.30. The molecule has 7 heteroatoms. The lowest BCUT2D eigenvalue weighted by Crippen LogP contribution is -2.37. The molecule has 1 aromatic carbocycles. The Morgan fingerprint density at radius 3 is 2.95 bits per heavy atom. The number of aryl methyl sites for hydroxylation is 2. The maximum absolute atomic E-state index is 14.0. The van der Waals surface area contributed by atoms with Crippen molar-refractivity contribution in [3.63, 3.8) is 0 Å². The van der Waals surface area contributed by atoms with Gasteiger partial charge in [-0.2, -0.15) is 0 Å². The molecule has 2 aromatic rings. The van der Waals surface area contributed by atoms with Gasteiger partial charge in [-0.1, -0.05) is 5.16 Å². The van der Waals surface area contributed by atoms with Gasteiger partial charge in [0, 0.05) is 18.7 Å². The van der Waals surface area contributed by atoms with E-state index in [0.29, 0.717) is 29.9 Å². The topological polar surface area (TPSA) is 58.4 Å². The average Bonchev–Trinajstić information content (AvgIpc) is 2.83. The highest BCUT2D eigenvalue weighted by molar-refractivity contribution is 5.93. The fourth-order valence-electron chi connectivity index (χ4n) is 2.67. The van der Waals surface area contributed by atoms with Gasteiger partial charge in [0.1, 0.15) is 11.6 Å². The summed E-state index contributed by atoms with van der Waals surface area (Å²) < 4.78 is 32.2. The molecule has 116 valence electrons. The van der Waals surface area contributed by atoms with Crippen LogP contribution in [-0.2, 0) is 11.2 Å². The van der Waals surface area contributed by atoms with Gasteiger partial charge in [-0.05, 0) is 31.4 Å². The van der Waals surface area contributed by atoms with Crippen molar-refractivity contribution in [3.05, 3.63) is 41.1 Å². The number of carbonyl (C=O) groups is 1. The molecule has 1 aliphatic rings. The fourth-order valence-corrected chi connectivity index (χ4v) is 2.67. The van der Waals surface area contributed by atoms with Gasteiger partial charge in [-0.15, -0.1) is 0 Å². The second-order valence-corrected chi connectivity index (χ2v) is 5.30. The number of anilines is 2. The number of halogens is 2. The molecule has 3 rings (SSSR count). The minimum atomic E-state index is -0.641. The molecule has 0 radical (unpaired) electrons. The Morgan fingerprint density at radius 1 is 1.41 bits per heavy atom. The van der Waals surface area contributed by atoms with Crippen LogP contribution in [0.5, 0.6) is 0 Å². The lowest BCUT2D eigenvalue weighted by atomic mass is 10.0. The number of amides is 1. The smallest absolute Gasteiger partial charge is 0.246 e. The third-order valence-electron chi connectivity index (χ3n) is 3.52. The van der Waals surface area contributed by atoms with Gasteiger partial charge in [0.15, 0.2) is 0 Å². The zero-order valence-corrected chi connectivity index (χ0v) is 12.0. The summed E-state index contributed by atoms with van der Waals surface area (Å²) in [6, 6.07) is 3.76. The number of aromatic nitrogens is 1. The van der Waals surface area contributed by atoms with E-state index >= 15 is 0 Å². The molecule has 22 heavy (non-hydrogen) atoms. The lowest BCUT2D eigenvalue weighted by Gasteiger charge is -2.30. The largest absolute Gasteiger partial charge is 0.360 e. The Balaban J connectivity index is 1.75. The van der Waals surface area contributed by atoms with E-state index in [1.807, 2.05) is 0 Å². The molecule has 1 amide bonds. The maximum Gasteiger partial charge on any atom is 0.246 e. The number of nitrogens with one attached hydrogen (secondary N) is 1. The molecule has 0 unspecified atom stereocenters. The molecule has 0 spiro atoms. The number of carbonyl (C=O) groups excluding carboxylic acids is 1. The summed E-state index contributed by atoms with van der Waals surface area (Å²) in [4.78, 5) is 13.7. The molecule has 2 heterocycles. The van der Waals surface area contributed by atoms with E-state index in [0.717, 1.165) is 12.5 Å². The van der Waals surface area contributed by atoms with Gasteiger partial charge in [-0.3, -0.25) is 10.1 Å². The van der Waals surface area contributed by atoms with Gasteiger partial charge >= 0.3 is 0 Å². The lowest BCUT2D eigenvalue weighted by molar-refractivity contribution is -0.115. The number of nitrogens with zero attached hydrogens (tertiary/aromatic N) is 2. The molecule has 0 saturated carbocycles. The van der Waals surface area contributed by atoms with E-state index in [4.69, 9.17) is 4.52 Å². The summed E-state index contributed by atoms with van der Waals surface area (Å²) in [5.41, 5.74) is 1.55. The highest BCUT2D eigenvalue weighted by Gasteiger charge is 2.24. The Morgan fingerprint density at radius 2 is 2.23 bits per heavy atom. The van der Waals surface area contributed by atoms with Gasteiger partial charge < -0.3 is 9.42 Å². The molecule has 5 nitrogen and oxygen atoms in total. The highest BCUT2D eigenvalue weighted by Crippen LogP contribution is 2.30. The first kappa shape index (κ1) is 14.5. The number of rotatable bonds is 3. The summed E-state index contributed by atoms with van der Waals surface area (Å²) in [6.07, 6.45) is 1.34. The molecule has 1 aliphatic heterocycles. The van der Waals surface area contributed by atoms with E-state index in [2.05, 4.69) is 10.5 Å². The number of fused-ring (bicyclic) bond motifs is 1. The Kier molecular flexibility index (Phi) is 3.79. The molecule has 1 aromatic heterocycles. The quantitative estimate of drug-likeness (QED) is 0.947. The first-order valence-corrected chi connectivity index (χ1v) is 6.99. The van der Waals surface area contributed by atoms with Gasteiger partial charge in [0.05, 0.1) is 17.9 Å². The molecule has 0 saturated heterocycles. The van der Waals surface area contributed by atoms with Crippen molar-refractivity contribution in [2.45, 2.75) is 19.8 Å². The van der Waals surface area contributed by atoms with Crippen LogP contribution in [0.15, 0.2) is 22.7 Å². The minimum Gasteiger partial charge on any atom is -0.360 e. The Bertz CT molecular complexity index is 715.